The van der Waals surface area contributed by atoms with E-state index in [9.17, 15) is 9.59 Å². The Morgan fingerprint density at radius 3 is 2.50 bits per heavy atom. The number of amides is 1. The van der Waals surface area contributed by atoms with E-state index in [1.807, 2.05) is 0 Å². The van der Waals surface area contributed by atoms with Gasteiger partial charge < -0.3 is 10.1 Å². The predicted molar refractivity (Wildman–Crippen MR) is 76.5 cm³/mol. The molecule has 1 heterocycles. The van der Waals surface area contributed by atoms with E-state index in [0.29, 0.717) is 10.6 Å². The van der Waals surface area contributed by atoms with Crippen molar-refractivity contribution in [1.29, 1.82) is 0 Å². The third-order valence-electron chi connectivity index (χ3n) is 3.12. The summed E-state index contributed by atoms with van der Waals surface area (Å²) in [6, 6.07) is 6.27. The first kappa shape index (κ1) is 14.6. The molecule has 0 aliphatic carbocycles. The van der Waals surface area contributed by atoms with Crippen LogP contribution in [-0.4, -0.2) is 24.0 Å². The molecule has 4 nitrogen and oxygen atoms in total. The summed E-state index contributed by atoms with van der Waals surface area (Å²) in [6.45, 7) is 7.30. The molecule has 1 N–H and O–H groups in total. The van der Waals surface area contributed by atoms with Crippen molar-refractivity contribution in [3.05, 3.63) is 47.0 Å². The number of halogens is 1. The molecule has 1 amide bonds. The monoisotopic (exact) mass is 293 g/mol. The molecule has 20 heavy (non-hydrogen) atoms. The normalized spacial score (nSPS) is 22.0. The smallest absolute Gasteiger partial charge is 0.329 e. The van der Waals surface area contributed by atoms with Crippen molar-refractivity contribution < 1.29 is 14.3 Å². The second kappa shape index (κ2) is 5.67. The Morgan fingerprint density at radius 1 is 1.35 bits per heavy atom. The largest absolute Gasteiger partial charge is 0.461 e. The fourth-order valence-corrected chi connectivity index (χ4v) is 2.35. The van der Waals surface area contributed by atoms with Gasteiger partial charge in [0.25, 0.3) is 0 Å². The topological polar surface area (TPSA) is 55.4 Å². The van der Waals surface area contributed by atoms with Crippen LogP contribution in [0.4, 0.5) is 0 Å². The van der Waals surface area contributed by atoms with Crippen LogP contribution in [0.15, 0.2) is 36.4 Å². The van der Waals surface area contributed by atoms with Gasteiger partial charge in [-0.15, -0.1) is 0 Å². The average molecular weight is 294 g/mol. The van der Waals surface area contributed by atoms with Gasteiger partial charge in [0.05, 0.1) is 6.10 Å². The van der Waals surface area contributed by atoms with Crippen molar-refractivity contribution in [2.45, 2.75) is 31.9 Å². The van der Waals surface area contributed by atoms with E-state index in [-0.39, 0.29) is 12.0 Å². The Labute approximate surface area is 122 Å². The fourth-order valence-electron chi connectivity index (χ4n) is 2.22. The highest BCUT2D eigenvalue weighted by atomic mass is 35.5. The van der Waals surface area contributed by atoms with Crippen LogP contribution in [0.3, 0.4) is 0 Å². The van der Waals surface area contributed by atoms with Crippen molar-refractivity contribution in [1.82, 2.24) is 5.32 Å². The van der Waals surface area contributed by atoms with Crippen molar-refractivity contribution in [3.63, 3.8) is 0 Å². The quantitative estimate of drug-likeness (QED) is 0.688. The molecular formula is C15H16ClNO3. The molecule has 1 saturated heterocycles. The molecule has 2 atom stereocenters. The third-order valence-corrected chi connectivity index (χ3v) is 3.37. The number of carbonyl (C=O) groups is 2. The summed E-state index contributed by atoms with van der Waals surface area (Å²) in [5, 5.41) is 3.22. The van der Waals surface area contributed by atoms with Crippen LogP contribution in [0, 0.1) is 0 Å². The first-order valence-electron chi connectivity index (χ1n) is 6.35. The molecule has 0 spiro atoms. The van der Waals surface area contributed by atoms with Gasteiger partial charge in [-0.3, -0.25) is 4.79 Å². The van der Waals surface area contributed by atoms with Gasteiger partial charge >= 0.3 is 5.97 Å². The maximum absolute atomic E-state index is 12.1. The molecule has 0 radical (unpaired) electrons. The summed E-state index contributed by atoms with van der Waals surface area (Å²) < 4.78 is 5.19. The molecule has 1 fully saturated rings. The number of benzene rings is 1. The van der Waals surface area contributed by atoms with Crippen LogP contribution in [0.25, 0.3) is 0 Å². The first-order chi connectivity index (χ1) is 9.40. The zero-order valence-electron chi connectivity index (χ0n) is 11.4. The van der Waals surface area contributed by atoms with E-state index in [1.165, 1.54) is 0 Å². The molecule has 0 aromatic heterocycles. The van der Waals surface area contributed by atoms with Gasteiger partial charge in [-0.25, -0.2) is 4.79 Å². The summed E-state index contributed by atoms with van der Waals surface area (Å²) >= 11 is 5.85. The van der Waals surface area contributed by atoms with E-state index in [2.05, 4.69) is 11.9 Å². The Morgan fingerprint density at radius 2 is 1.95 bits per heavy atom. The minimum atomic E-state index is -0.737. The zero-order chi connectivity index (χ0) is 14.9. The van der Waals surface area contributed by atoms with E-state index in [1.54, 1.807) is 38.1 Å². The van der Waals surface area contributed by atoms with E-state index < -0.39 is 17.9 Å². The van der Waals surface area contributed by atoms with Gasteiger partial charge in [0.15, 0.2) is 0 Å². The lowest BCUT2D eigenvalue weighted by molar-refractivity contribution is -0.150. The molecule has 0 saturated carbocycles. The zero-order valence-corrected chi connectivity index (χ0v) is 12.1. The van der Waals surface area contributed by atoms with E-state index in [4.69, 9.17) is 16.3 Å². The Kier molecular flexibility index (Phi) is 4.14. The van der Waals surface area contributed by atoms with Crippen molar-refractivity contribution in [2.24, 2.45) is 0 Å². The summed E-state index contributed by atoms with van der Waals surface area (Å²) in [6.07, 6.45) is -0.237. The number of esters is 1. The predicted octanol–water partition coefficient (Wildman–Crippen LogP) is 2.43. The number of hydrogen-bond donors (Lipinski definition) is 1. The SMILES string of the molecule is C=C1C(=O)N[C@H](C(=O)OC(C)C)[C@H]1c1ccc(Cl)cc1. The lowest BCUT2D eigenvalue weighted by atomic mass is 9.89. The molecule has 0 unspecified atom stereocenters. The standard InChI is InChI=1S/C15H16ClNO3/c1-8(2)20-15(19)13-12(9(3)14(18)17-13)10-4-6-11(16)7-5-10/h4-8,12-13H,3H2,1-2H3,(H,17,18)/t12-,13+/m1/s1. The van der Waals surface area contributed by atoms with E-state index >= 15 is 0 Å². The molecule has 1 aromatic carbocycles. The van der Waals surface area contributed by atoms with Gasteiger partial charge in [0, 0.05) is 16.5 Å². The van der Waals surface area contributed by atoms with Crippen LogP contribution in [0.5, 0.6) is 0 Å². The minimum Gasteiger partial charge on any atom is -0.461 e. The number of carbonyl (C=O) groups excluding carboxylic acids is 2. The van der Waals surface area contributed by atoms with Crippen LogP contribution in [-0.2, 0) is 14.3 Å². The Balaban J connectivity index is 2.31. The van der Waals surface area contributed by atoms with Crippen LogP contribution in [0.1, 0.15) is 25.3 Å². The summed E-state index contributed by atoms with van der Waals surface area (Å²) in [7, 11) is 0. The second-order valence-corrected chi connectivity index (χ2v) is 5.43. The van der Waals surface area contributed by atoms with Crippen molar-refractivity contribution >= 4 is 23.5 Å². The average Bonchev–Trinajstić information content (AvgIpc) is 2.67. The highest BCUT2D eigenvalue weighted by molar-refractivity contribution is 6.30. The molecule has 2 rings (SSSR count). The van der Waals surface area contributed by atoms with Gasteiger partial charge in [-0.2, -0.15) is 0 Å². The van der Waals surface area contributed by atoms with Crippen molar-refractivity contribution in [2.75, 3.05) is 0 Å². The number of hydrogen-bond acceptors (Lipinski definition) is 3. The lowest BCUT2D eigenvalue weighted by Gasteiger charge is -2.19. The molecule has 5 heteroatoms. The Bertz CT molecular complexity index is 551. The van der Waals surface area contributed by atoms with Gasteiger partial charge in [0.2, 0.25) is 5.91 Å². The maximum atomic E-state index is 12.1. The molecular weight excluding hydrogens is 278 g/mol. The molecule has 1 aromatic rings. The van der Waals surface area contributed by atoms with Gasteiger partial charge in [-0.05, 0) is 31.5 Å². The molecule has 1 aliphatic heterocycles. The molecule has 1 aliphatic rings. The third kappa shape index (κ3) is 2.85. The van der Waals surface area contributed by atoms with E-state index in [0.717, 1.165) is 5.56 Å². The summed E-state index contributed by atoms with van der Waals surface area (Å²) in [4.78, 5) is 23.9. The highest BCUT2D eigenvalue weighted by Gasteiger charge is 2.42. The van der Waals surface area contributed by atoms with Crippen LogP contribution >= 0.6 is 11.6 Å². The number of ether oxygens (including phenoxy) is 1. The fraction of sp³-hybridized carbons (Fsp3) is 0.333. The summed E-state index contributed by atoms with van der Waals surface area (Å²) in [5.74, 6) is -1.20. The summed E-state index contributed by atoms with van der Waals surface area (Å²) in [5.41, 5.74) is 1.17. The van der Waals surface area contributed by atoms with Crippen molar-refractivity contribution in [3.8, 4) is 0 Å². The minimum absolute atomic E-state index is 0.237. The highest BCUT2D eigenvalue weighted by Crippen LogP contribution is 2.33. The lowest BCUT2D eigenvalue weighted by Crippen LogP contribution is -2.38. The molecule has 0 bridgehead atoms. The van der Waals surface area contributed by atoms with Gasteiger partial charge in [0.1, 0.15) is 6.04 Å². The van der Waals surface area contributed by atoms with Gasteiger partial charge in [-0.1, -0.05) is 30.3 Å². The Hall–Kier alpha value is -1.81. The number of nitrogens with one attached hydrogen (secondary N) is 1. The first-order valence-corrected chi connectivity index (χ1v) is 6.73. The second-order valence-electron chi connectivity index (χ2n) is 4.99. The molecule has 106 valence electrons. The maximum Gasteiger partial charge on any atom is 0.329 e. The number of rotatable bonds is 3. The van der Waals surface area contributed by atoms with Crippen LogP contribution < -0.4 is 5.32 Å². The van der Waals surface area contributed by atoms with Crippen LogP contribution in [0.2, 0.25) is 5.02 Å².